The van der Waals surface area contributed by atoms with E-state index >= 15 is 0 Å². The number of carbonyl (C=O) groups excluding carboxylic acids is 14. The lowest BCUT2D eigenvalue weighted by Gasteiger charge is -2.36. The molecular formula is C68H121N13O16. The fraction of sp³-hybridized carbons (Fsp3) is 0.794. The third-order valence-corrected chi connectivity index (χ3v) is 17.5. The Balaban J connectivity index is 4.12. The number of cyclic esters (lactones) is 1. The zero-order chi connectivity index (χ0) is 74.5. The molecule has 2 unspecified atom stereocenters. The molecule has 1 aliphatic heterocycles. The van der Waals surface area contributed by atoms with Gasteiger partial charge in [0, 0.05) is 67.1 Å². The molecule has 0 bridgehead atoms. The van der Waals surface area contributed by atoms with E-state index in [2.05, 4.69) is 53.2 Å². The molecule has 0 aromatic rings. The lowest BCUT2D eigenvalue weighted by atomic mass is 9.95. The second kappa shape index (κ2) is 43.1. The van der Waals surface area contributed by atoms with Crippen molar-refractivity contribution < 1.29 is 76.6 Å². The molecular weight excluding hydrogens is 1250 g/mol. The molecule has 1 fully saturated rings. The maximum atomic E-state index is 14.8. The summed E-state index contributed by atoms with van der Waals surface area (Å²) in [5.41, 5.74) is 0. The second-order valence-electron chi connectivity index (χ2n) is 28.0. The average molecular weight is 1380 g/mol. The molecule has 1 heterocycles. The number of nitrogens with zero attached hydrogens (tertiary/aromatic N) is 3. The fourth-order valence-electron chi connectivity index (χ4n) is 11.2. The van der Waals surface area contributed by atoms with Crippen molar-refractivity contribution in [2.45, 2.75) is 249 Å². The Kier molecular flexibility index (Phi) is 38.9. The van der Waals surface area contributed by atoms with E-state index in [-0.39, 0.29) is 76.1 Å². The Morgan fingerprint density at radius 2 is 1.01 bits per heavy atom. The lowest BCUT2D eigenvalue weighted by molar-refractivity contribution is -0.163. The van der Waals surface area contributed by atoms with Gasteiger partial charge < -0.3 is 77.3 Å². The maximum Gasteiger partial charge on any atom is 0.329 e. The molecule has 554 valence electrons. The summed E-state index contributed by atoms with van der Waals surface area (Å²) in [5.74, 6) is -12.7. The van der Waals surface area contributed by atoms with Crippen LogP contribution < -0.4 is 53.2 Å². The number of hydrogen-bond donors (Lipinski definition) is 10. The molecule has 14 atom stereocenters. The summed E-state index contributed by atoms with van der Waals surface area (Å²) in [6.45, 7) is 30.0. The van der Waals surface area contributed by atoms with E-state index in [0.717, 1.165) is 4.90 Å². The van der Waals surface area contributed by atoms with E-state index in [1.165, 1.54) is 51.9 Å². The Bertz CT molecular complexity index is 2660. The average Bonchev–Trinajstić information content (AvgIpc) is 0.862. The number of ether oxygens (including phenoxy) is 2. The van der Waals surface area contributed by atoms with Crippen molar-refractivity contribution in [2.75, 3.05) is 54.5 Å². The monoisotopic (exact) mass is 1380 g/mol. The van der Waals surface area contributed by atoms with Crippen LogP contribution >= 0.6 is 0 Å². The van der Waals surface area contributed by atoms with Gasteiger partial charge in [-0.25, -0.2) is 4.79 Å². The van der Waals surface area contributed by atoms with Gasteiger partial charge in [0.25, 0.3) is 0 Å². The number of likely N-dealkylation sites (N-methyl/N-ethyl adjacent to an activating group) is 3. The molecule has 0 radical (unpaired) electrons. The van der Waals surface area contributed by atoms with E-state index in [1.807, 2.05) is 55.4 Å². The highest BCUT2D eigenvalue weighted by Gasteiger charge is 2.42. The first-order valence-corrected chi connectivity index (χ1v) is 34.6. The summed E-state index contributed by atoms with van der Waals surface area (Å²) in [4.78, 5) is 201. The van der Waals surface area contributed by atoms with Gasteiger partial charge in [0.2, 0.25) is 76.8 Å². The predicted octanol–water partition coefficient (Wildman–Crippen LogP) is 1.58. The number of carbonyl (C=O) groups is 14. The van der Waals surface area contributed by atoms with E-state index in [4.69, 9.17) is 9.47 Å². The van der Waals surface area contributed by atoms with Gasteiger partial charge in [-0.2, -0.15) is 0 Å². The smallest absolute Gasteiger partial charge is 0.329 e. The zero-order valence-electron chi connectivity index (χ0n) is 62.0. The summed E-state index contributed by atoms with van der Waals surface area (Å²) >= 11 is 0. The molecule has 0 aromatic heterocycles. The highest BCUT2D eigenvalue weighted by atomic mass is 16.5. The van der Waals surface area contributed by atoms with E-state index in [9.17, 15) is 67.1 Å². The Morgan fingerprint density at radius 1 is 0.567 bits per heavy atom. The van der Waals surface area contributed by atoms with Gasteiger partial charge >= 0.3 is 5.97 Å². The number of amides is 13. The van der Waals surface area contributed by atoms with Crippen LogP contribution in [-0.4, -0.2) is 218 Å². The van der Waals surface area contributed by atoms with Crippen molar-refractivity contribution in [1.29, 1.82) is 0 Å². The number of nitrogens with one attached hydrogen (secondary N) is 10. The molecule has 1 rings (SSSR count). The zero-order valence-corrected chi connectivity index (χ0v) is 62.0. The summed E-state index contributed by atoms with van der Waals surface area (Å²) < 4.78 is 11.1. The first-order chi connectivity index (χ1) is 45.2. The van der Waals surface area contributed by atoms with Crippen LogP contribution in [0, 0.1) is 47.3 Å². The van der Waals surface area contributed by atoms with E-state index < -0.39 is 185 Å². The van der Waals surface area contributed by atoms with Crippen LogP contribution in [0.4, 0.5) is 0 Å². The van der Waals surface area contributed by atoms with Gasteiger partial charge in [-0.3, -0.25) is 62.3 Å². The van der Waals surface area contributed by atoms with Crippen molar-refractivity contribution in [3.63, 3.8) is 0 Å². The van der Waals surface area contributed by atoms with Crippen molar-refractivity contribution in [1.82, 2.24) is 67.9 Å². The van der Waals surface area contributed by atoms with E-state index in [1.54, 1.807) is 55.4 Å². The first-order valence-electron chi connectivity index (χ1n) is 34.6. The fourth-order valence-corrected chi connectivity index (χ4v) is 11.2. The van der Waals surface area contributed by atoms with Gasteiger partial charge in [-0.15, -0.1) is 0 Å². The van der Waals surface area contributed by atoms with Crippen molar-refractivity contribution >= 4 is 82.8 Å². The molecule has 1 saturated heterocycles. The van der Waals surface area contributed by atoms with Crippen molar-refractivity contribution in [3.05, 3.63) is 0 Å². The van der Waals surface area contributed by atoms with Crippen LogP contribution in [0.1, 0.15) is 182 Å². The first kappa shape index (κ1) is 87.6. The van der Waals surface area contributed by atoms with E-state index in [0.29, 0.717) is 19.3 Å². The lowest BCUT2D eigenvalue weighted by Crippen LogP contribution is -2.61. The second-order valence-corrected chi connectivity index (χ2v) is 28.0. The standard InChI is InChI=1S/C68H121N13O16/c1-23-41(14)55-63(90)77-53(39(10)11)62(89)72-44(17)59(86)69-29-26-49(82)74-47(33-37(6)7)66(93)81(21)58(43(16)25-3)68(95)97-45(18)56(78-60(87)48(34-38(8)9)79(19)67(94)54(40(12)13)76-52(85)35-96-22)61(88)70-30-27-50(83)73-46(32-36(4)5)65(92)80(20)57(42(15)24-2)64(91)71-31-28-51(84)75-55/h36-48,53-58H,23-35H2,1-22H3,(H,69,86)(H,70,88)(H,71,91)(H,72,89)(H,73,83)(H,74,82)(H,75,84)(H,76,85)(H,77,90)(H,78,87)/t41-,42-,43-,44?,45+,46+,47?,48-,53+,54-,55+,56+,57+,58-/m1/s1. The molecule has 0 aliphatic carbocycles. The van der Waals surface area contributed by atoms with Gasteiger partial charge in [-0.05, 0) is 80.5 Å². The normalized spacial score (nSPS) is 24.9. The molecule has 10 N–H and O–H groups in total. The Hall–Kier alpha value is -7.46. The minimum Gasteiger partial charge on any atom is -0.458 e. The van der Waals surface area contributed by atoms with Crippen LogP contribution in [0.3, 0.4) is 0 Å². The predicted molar refractivity (Wildman–Crippen MR) is 366 cm³/mol. The Labute approximate surface area is 575 Å². The summed E-state index contributed by atoms with van der Waals surface area (Å²) in [5, 5.41) is 27.0. The molecule has 13 amide bonds. The topological polar surface area (TPSA) is 387 Å². The summed E-state index contributed by atoms with van der Waals surface area (Å²) in [6, 6.07) is -12.3. The minimum absolute atomic E-state index is 0.0607. The van der Waals surface area contributed by atoms with Gasteiger partial charge in [-0.1, -0.05) is 130 Å². The van der Waals surface area contributed by atoms with Gasteiger partial charge in [0.15, 0.2) is 0 Å². The SMILES string of the molecule is CC[C@@H](C)[C@@H]1NC(=O)CCNC(=O)[C@H]([C@H](C)CC)N(C)C(=O)[C@H](CC(C)C)NC(=O)CCNC(=O)[C@@H](NC(=O)[C@@H](CC(C)C)N(C)C(=O)[C@H](NC(=O)COC)C(C)C)[C@H](C)OC(=O)[C@@H]([C@H](C)CC)N(C)C(=O)C(CC(C)C)NC(=O)CCNC(=O)C(C)NC(=O)[C@H](C(C)C)NC1=O. The van der Waals surface area contributed by atoms with Crippen LogP contribution in [-0.2, 0) is 76.6 Å². The van der Waals surface area contributed by atoms with Crippen molar-refractivity contribution in [2.24, 2.45) is 47.3 Å². The largest absolute Gasteiger partial charge is 0.458 e. The highest BCUT2D eigenvalue weighted by molar-refractivity contribution is 5.97. The minimum atomic E-state index is -1.73. The third kappa shape index (κ3) is 28.9. The van der Waals surface area contributed by atoms with Crippen LogP contribution in [0.5, 0.6) is 0 Å². The molecule has 0 spiro atoms. The van der Waals surface area contributed by atoms with Crippen molar-refractivity contribution in [3.8, 4) is 0 Å². The summed E-state index contributed by atoms with van der Waals surface area (Å²) in [7, 11) is 5.52. The quantitative estimate of drug-likeness (QED) is 0.0730. The van der Waals surface area contributed by atoms with Gasteiger partial charge in [0.05, 0.1) is 0 Å². The molecule has 1 aliphatic rings. The maximum absolute atomic E-state index is 14.8. The number of methoxy groups -OCH3 is 1. The molecule has 29 heteroatoms. The van der Waals surface area contributed by atoms with Gasteiger partial charge in [0.1, 0.15) is 73.1 Å². The van der Waals surface area contributed by atoms with Crippen LogP contribution in [0.15, 0.2) is 0 Å². The molecule has 29 nitrogen and oxygen atoms in total. The van der Waals surface area contributed by atoms with Crippen LogP contribution in [0.2, 0.25) is 0 Å². The number of rotatable bonds is 21. The Morgan fingerprint density at radius 3 is 1.45 bits per heavy atom. The molecule has 0 aromatic carbocycles. The summed E-state index contributed by atoms with van der Waals surface area (Å²) in [6.07, 6.45) is -1.01. The third-order valence-electron chi connectivity index (χ3n) is 17.5. The number of hydrogen-bond acceptors (Lipinski definition) is 16. The van der Waals surface area contributed by atoms with Crippen LogP contribution in [0.25, 0.3) is 0 Å². The molecule has 97 heavy (non-hydrogen) atoms. The molecule has 0 saturated carbocycles. The highest BCUT2D eigenvalue weighted by Crippen LogP contribution is 2.23. The number of esters is 1.